The number of ether oxygens (including phenoxy) is 1. The lowest BCUT2D eigenvalue weighted by Crippen LogP contribution is -2.35. The average molecular weight is 277 g/mol. The number of carbonyl (C=O) groups is 2. The van der Waals surface area contributed by atoms with Crippen molar-refractivity contribution in [3.63, 3.8) is 0 Å². The van der Waals surface area contributed by atoms with E-state index in [1.807, 2.05) is 5.32 Å². The Kier molecular flexibility index (Phi) is 5.06. The predicted octanol–water partition coefficient (Wildman–Crippen LogP) is 2.24. The van der Waals surface area contributed by atoms with Gasteiger partial charge in [-0.15, -0.1) is 11.6 Å². The second-order valence-electron chi connectivity index (χ2n) is 2.99. The molecule has 92 valence electrons. The zero-order chi connectivity index (χ0) is 12.8. The number of hydrogen-bond acceptors (Lipinski definition) is 3. The normalized spacial score (nSPS) is 9.59. The van der Waals surface area contributed by atoms with Crippen molar-refractivity contribution in [2.45, 2.75) is 0 Å². The third kappa shape index (κ3) is 4.13. The molecular formula is C10H10Cl2N2O3. The van der Waals surface area contributed by atoms with Crippen LogP contribution in [0.5, 0.6) is 5.75 Å². The molecular weight excluding hydrogens is 267 g/mol. The summed E-state index contributed by atoms with van der Waals surface area (Å²) in [6.45, 7) is 0. The van der Waals surface area contributed by atoms with E-state index in [-0.39, 0.29) is 5.88 Å². The summed E-state index contributed by atoms with van der Waals surface area (Å²) >= 11 is 11.1. The van der Waals surface area contributed by atoms with Crippen LogP contribution in [-0.4, -0.2) is 24.9 Å². The van der Waals surface area contributed by atoms with Crippen molar-refractivity contribution < 1.29 is 14.3 Å². The second kappa shape index (κ2) is 6.32. The summed E-state index contributed by atoms with van der Waals surface area (Å²) in [7, 11) is 1.46. The number of alkyl halides is 1. The SMILES string of the molecule is COc1cc(NC(=O)NC(=O)CCl)ccc1Cl. The van der Waals surface area contributed by atoms with Gasteiger partial charge in [0, 0.05) is 11.8 Å². The Bertz CT molecular complexity index is 438. The first-order valence-electron chi connectivity index (χ1n) is 4.57. The van der Waals surface area contributed by atoms with Crippen LogP contribution in [-0.2, 0) is 4.79 Å². The predicted molar refractivity (Wildman–Crippen MR) is 65.9 cm³/mol. The van der Waals surface area contributed by atoms with Crippen LogP contribution in [0.2, 0.25) is 5.02 Å². The van der Waals surface area contributed by atoms with Gasteiger partial charge in [0.25, 0.3) is 0 Å². The van der Waals surface area contributed by atoms with Gasteiger partial charge in [-0.25, -0.2) is 4.79 Å². The second-order valence-corrected chi connectivity index (χ2v) is 3.66. The van der Waals surface area contributed by atoms with Crippen LogP contribution in [0.1, 0.15) is 0 Å². The Morgan fingerprint density at radius 2 is 2.12 bits per heavy atom. The first kappa shape index (κ1) is 13.6. The molecule has 3 amide bonds. The molecule has 0 spiro atoms. The van der Waals surface area contributed by atoms with E-state index in [1.54, 1.807) is 12.1 Å². The standard InChI is InChI=1S/C10H10Cl2N2O3/c1-17-8-4-6(2-3-7(8)12)13-10(16)14-9(15)5-11/h2-4H,5H2,1H3,(H2,13,14,15,16). The number of hydrogen-bond donors (Lipinski definition) is 2. The summed E-state index contributed by atoms with van der Waals surface area (Å²) in [5.74, 6) is -0.435. The van der Waals surface area contributed by atoms with E-state index >= 15 is 0 Å². The summed E-state index contributed by atoms with van der Waals surface area (Å²) < 4.78 is 4.98. The fourth-order valence-corrected chi connectivity index (χ4v) is 1.32. The summed E-state index contributed by atoms with van der Waals surface area (Å²) in [5, 5.41) is 4.90. The molecule has 0 aliphatic carbocycles. The molecule has 0 heterocycles. The molecule has 0 radical (unpaired) electrons. The first-order valence-corrected chi connectivity index (χ1v) is 5.48. The van der Waals surface area contributed by atoms with Crippen molar-refractivity contribution in [2.24, 2.45) is 0 Å². The van der Waals surface area contributed by atoms with Gasteiger partial charge in [0.05, 0.1) is 12.1 Å². The molecule has 1 aromatic carbocycles. The minimum absolute atomic E-state index is 0.280. The van der Waals surface area contributed by atoms with Crippen molar-refractivity contribution >= 4 is 40.8 Å². The highest BCUT2D eigenvalue weighted by molar-refractivity contribution is 6.32. The lowest BCUT2D eigenvalue weighted by atomic mass is 10.3. The van der Waals surface area contributed by atoms with E-state index in [4.69, 9.17) is 27.9 Å². The minimum atomic E-state index is -0.667. The minimum Gasteiger partial charge on any atom is -0.495 e. The molecule has 0 bridgehead atoms. The van der Waals surface area contributed by atoms with Crippen LogP contribution in [0.4, 0.5) is 10.5 Å². The van der Waals surface area contributed by atoms with Crippen molar-refractivity contribution in [1.29, 1.82) is 0 Å². The van der Waals surface area contributed by atoms with Gasteiger partial charge in [0.1, 0.15) is 11.6 Å². The number of nitrogens with one attached hydrogen (secondary N) is 2. The summed E-state index contributed by atoms with van der Waals surface area (Å²) in [4.78, 5) is 22.1. The number of urea groups is 1. The summed E-state index contributed by atoms with van der Waals surface area (Å²) in [5.41, 5.74) is 0.450. The molecule has 0 fully saturated rings. The Hall–Kier alpha value is -1.46. The number of carbonyl (C=O) groups excluding carboxylic acids is 2. The smallest absolute Gasteiger partial charge is 0.325 e. The number of anilines is 1. The molecule has 0 atom stereocenters. The molecule has 2 N–H and O–H groups in total. The lowest BCUT2D eigenvalue weighted by Gasteiger charge is -2.08. The lowest BCUT2D eigenvalue weighted by molar-refractivity contribution is -0.117. The van der Waals surface area contributed by atoms with Crippen molar-refractivity contribution in [1.82, 2.24) is 5.32 Å². The number of halogens is 2. The third-order valence-electron chi connectivity index (χ3n) is 1.78. The van der Waals surface area contributed by atoms with Crippen LogP contribution in [0.25, 0.3) is 0 Å². The van der Waals surface area contributed by atoms with Gasteiger partial charge >= 0.3 is 6.03 Å². The molecule has 0 aromatic heterocycles. The van der Waals surface area contributed by atoms with Crippen molar-refractivity contribution in [3.8, 4) is 5.75 Å². The number of rotatable bonds is 3. The molecule has 5 nitrogen and oxygen atoms in total. The van der Waals surface area contributed by atoms with Crippen LogP contribution in [0, 0.1) is 0 Å². The van der Waals surface area contributed by atoms with E-state index in [0.29, 0.717) is 16.5 Å². The maximum absolute atomic E-state index is 11.3. The molecule has 0 saturated carbocycles. The molecule has 0 aliphatic rings. The van der Waals surface area contributed by atoms with E-state index in [9.17, 15) is 9.59 Å². The van der Waals surface area contributed by atoms with Crippen LogP contribution in [0.15, 0.2) is 18.2 Å². The van der Waals surface area contributed by atoms with E-state index < -0.39 is 11.9 Å². The molecule has 0 saturated heterocycles. The Labute approximate surface area is 108 Å². The molecule has 17 heavy (non-hydrogen) atoms. The fraction of sp³-hybridized carbons (Fsp3) is 0.200. The van der Waals surface area contributed by atoms with Crippen molar-refractivity contribution in [3.05, 3.63) is 23.2 Å². The third-order valence-corrected chi connectivity index (χ3v) is 2.34. The summed E-state index contributed by atoms with van der Waals surface area (Å²) in [6.07, 6.45) is 0. The highest BCUT2D eigenvalue weighted by Gasteiger charge is 2.08. The Morgan fingerprint density at radius 3 is 2.71 bits per heavy atom. The van der Waals surface area contributed by atoms with Gasteiger partial charge in [0.2, 0.25) is 5.91 Å². The molecule has 7 heteroatoms. The maximum atomic E-state index is 11.3. The molecule has 1 rings (SSSR count). The number of amides is 3. The van der Waals surface area contributed by atoms with Gasteiger partial charge < -0.3 is 10.1 Å². The zero-order valence-electron chi connectivity index (χ0n) is 8.92. The molecule has 0 aliphatic heterocycles. The topological polar surface area (TPSA) is 67.4 Å². The summed E-state index contributed by atoms with van der Waals surface area (Å²) in [6, 6.07) is 4.02. The van der Waals surface area contributed by atoms with Gasteiger partial charge in [0.15, 0.2) is 0 Å². The van der Waals surface area contributed by atoms with Crippen LogP contribution >= 0.6 is 23.2 Å². The van der Waals surface area contributed by atoms with Gasteiger partial charge in [-0.1, -0.05) is 11.6 Å². The van der Waals surface area contributed by atoms with E-state index in [2.05, 4.69) is 5.32 Å². The average Bonchev–Trinajstić information content (AvgIpc) is 2.31. The zero-order valence-corrected chi connectivity index (χ0v) is 10.4. The van der Waals surface area contributed by atoms with Crippen LogP contribution < -0.4 is 15.4 Å². The first-order chi connectivity index (χ1) is 8.06. The quantitative estimate of drug-likeness (QED) is 0.832. The van der Waals surface area contributed by atoms with Crippen molar-refractivity contribution in [2.75, 3.05) is 18.3 Å². The Balaban J connectivity index is 2.68. The van der Waals surface area contributed by atoms with Gasteiger partial charge in [-0.05, 0) is 12.1 Å². The highest BCUT2D eigenvalue weighted by atomic mass is 35.5. The van der Waals surface area contributed by atoms with Gasteiger partial charge in [-0.2, -0.15) is 0 Å². The number of methoxy groups -OCH3 is 1. The molecule has 1 aromatic rings. The van der Waals surface area contributed by atoms with Crippen LogP contribution in [0.3, 0.4) is 0 Å². The molecule has 0 unspecified atom stereocenters. The van der Waals surface area contributed by atoms with E-state index in [0.717, 1.165) is 0 Å². The highest BCUT2D eigenvalue weighted by Crippen LogP contribution is 2.27. The maximum Gasteiger partial charge on any atom is 0.325 e. The van der Waals surface area contributed by atoms with Gasteiger partial charge in [-0.3, -0.25) is 10.1 Å². The largest absolute Gasteiger partial charge is 0.495 e. The monoisotopic (exact) mass is 276 g/mol. The Morgan fingerprint density at radius 1 is 1.41 bits per heavy atom. The fourth-order valence-electron chi connectivity index (χ4n) is 1.06. The van der Waals surface area contributed by atoms with E-state index in [1.165, 1.54) is 13.2 Å². The number of benzene rings is 1. The number of imide groups is 1.